The number of amides is 1. The Balaban J connectivity index is 2.71. The summed E-state index contributed by atoms with van der Waals surface area (Å²) < 4.78 is 41.6. The van der Waals surface area contributed by atoms with E-state index >= 15 is 0 Å². The standard InChI is InChI=1S/C8H13F3N2O2/c1-5-6(7(12)14)13(2-3-15-5)4-8(9,10)11/h5-6H,2-4H2,1H3,(H2,12,14)/t5-,6+/m1/s1. The molecular formula is C8H13F3N2O2. The second kappa shape index (κ2) is 4.36. The zero-order valence-electron chi connectivity index (χ0n) is 8.25. The molecule has 0 aromatic carbocycles. The summed E-state index contributed by atoms with van der Waals surface area (Å²) in [5, 5.41) is 0. The second-order valence-electron chi connectivity index (χ2n) is 3.51. The fourth-order valence-electron chi connectivity index (χ4n) is 1.70. The molecular weight excluding hydrogens is 213 g/mol. The highest BCUT2D eigenvalue weighted by Crippen LogP contribution is 2.21. The lowest BCUT2D eigenvalue weighted by Crippen LogP contribution is -2.58. The van der Waals surface area contributed by atoms with Crippen LogP contribution in [0.2, 0.25) is 0 Å². The Labute approximate surface area is 85.2 Å². The van der Waals surface area contributed by atoms with Crippen molar-refractivity contribution >= 4 is 5.91 Å². The third kappa shape index (κ3) is 3.35. The maximum atomic E-state index is 12.2. The number of alkyl halides is 3. The first-order chi connectivity index (χ1) is 6.81. The monoisotopic (exact) mass is 226 g/mol. The molecule has 15 heavy (non-hydrogen) atoms. The zero-order chi connectivity index (χ0) is 11.6. The van der Waals surface area contributed by atoms with Crippen molar-refractivity contribution in [2.45, 2.75) is 25.2 Å². The first kappa shape index (κ1) is 12.3. The largest absolute Gasteiger partial charge is 0.401 e. The van der Waals surface area contributed by atoms with Crippen LogP contribution in [0.25, 0.3) is 0 Å². The van der Waals surface area contributed by atoms with Crippen LogP contribution in [-0.2, 0) is 9.53 Å². The van der Waals surface area contributed by atoms with Gasteiger partial charge in [0.25, 0.3) is 0 Å². The smallest absolute Gasteiger partial charge is 0.375 e. The lowest BCUT2D eigenvalue weighted by Gasteiger charge is -2.38. The molecule has 0 aromatic rings. The molecule has 0 bridgehead atoms. The number of rotatable bonds is 2. The fourth-order valence-corrected chi connectivity index (χ4v) is 1.70. The Morgan fingerprint density at radius 3 is 2.67 bits per heavy atom. The highest BCUT2D eigenvalue weighted by molar-refractivity contribution is 5.80. The first-order valence-corrected chi connectivity index (χ1v) is 4.53. The van der Waals surface area contributed by atoms with Crippen LogP contribution >= 0.6 is 0 Å². The number of halogens is 3. The van der Waals surface area contributed by atoms with E-state index in [2.05, 4.69) is 0 Å². The predicted molar refractivity (Wildman–Crippen MR) is 46.0 cm³/mol. The van der Waals surface area contributed by atoms with Crippen molar-refractivity contribution in [3.8, 4) is 0 Å². The van der Waals surface area contributed by atoms with Crippen LogP contribution in [0.3, 0.4) is 0 Å². The maximum absolute atomic E-state index is 12.2. The van der Waals surface area contributed by atoms with Crippen LogP contribution < -0.4 is 5.73 Å². The molecule has 1 amide bonds. The van der Waals surface area contributed by atoms with E-state index in [4.69, 9.17) is 10.5 Å². The van der Waals surface area contributed by atoms with E-state index in [1.807, 2.05) is 0 Å². The van der Waals surface area contributed by atoms with Gasteiger partial charge in [-0.2, -0.15) is 13.2 Å². The van der Waals surface area contributed by atoms with E-state index in [-0.39, 0.29) is 13.2 Å². The number of ether oxygens (including phenoxy) is 1. The van der Waals surface area contributed by atoms with Crippen LogP contribution in [-0.4, -0.2) is 48.8 Å². The average Bonchev–Trinajstić information content (AvgIpc) is 1.99. The molecule has 1 saturated heterocycles. The van der Waals surface area contributed by atoms with Crippen molar-refractivity contribution in [2.75, 3.05) is 19.7 Å². The molecule has 0 aliphatic carbocycles. The Kier molecular flexibility index (Phi) is 3.56. The molecule has 1 fully saturated rings. The van der Waals surface area contributed by atoms with Crippen LogP contribution in [0.5, 0.6) is 0 Å². The molecule has 1 rings (SSSR count). The molecule has 7 heteroatoms. The lowest BCUT2D eigenvalue weighted by atomic mass is 10.1. The van der Waals surface area contributed by atoms with E-state index in [9.17, 15) is 18.0 Å². The summed E-state index contributed by atoms with van der Waals surface area (Å²) in [4.78, 5) is 12.0. The molecule has 1 heterocycles. The normalized spacial score (nSPS) is 29.1. The first-order valence-electron chi connectivity index (χ1n) is 4.53. The van der Waals surface area contributed by atoms with Gasteiger partial charge in [0.05, 0.1) is 19.3 Å². The average molecular weight is 226 g/mol. The summed E-state index contributed by atoms with van der Waals surface area (Å²) in [6.45, 7) is 0.657. The van der Waals surface area contributed by atoms with Gasteiger partial charge in [-0.05, 0) is 6.92 Å². The Morgan fingerprint density at radius 2 is 2.20 bits per heavy atom. The third-order valence-corrected chi connectivity index (χ3v) is 2.27. The minimum Gasteiger partial charge on any atom is -0.375 e. The minimum atomic E-state index is -4.33. The van der Waals surface area contributed by atoms with E-state index in [0.717, 1.165) is 4.90 Å². The summed E-state index contributed by atoms with van der Waals surface area (Å²) in [6, 6.07) is -1.000. The molecule has 0 saturated carbocycles. The van der Waals surface area contributed by atoms with Crippen LogP contribution in [0, 0.1) is 0 Å². The fraction of sp³-hybridized carbons (Fsp3) is 0.875. The Hall–Kier alpha value is -0.820. The SMILES string of the molecule is C[C@H]1OCCN(CC(F)(F)F)[C@@H]1C(N)=O. The highest BCUT2D eigenvalue weighted by Gasteiger charge is 2.40. The second-order valence-corrected chi connectivity index (χ2v) is 3.51. The molecule has 1 aliphatic rings. The van der Waals surface area contributed by atoms with E-state index in [0.29, 0.717) is 0 Å². The van der Waals surface area contributed by atoms with E-state index < -0.39 is 30.8 Å². The summed E-state index contributed by atoms with van der Waals surface area (Å²) in [5.74, 6) is -0.786. The van der Waals surface area contributed by atoms with Gasteiger partial charge >= 0.3 is 6.18 Å². The molecule has 1 aliphatic heterocycles. The van der Waals surface area contributed by atoms with Gasteiger partial charge in [0.15, 0.2) is 0 Å². The summed E-state index contributed by atoms with van der Waals surface area (Å²) in [7, 11) is 0. The van der Waals surface area contributed by atoms with Gasteiger partial charge in [-0.25, -0.2) is 0 Å². The van der Waals surface area contributed by atoms with Crippen molar-refractivity contribution in [3.63, 3.8) is 0 Å². The summed E-state index contributed by atoms with van der Waals surface area (Å²) in [5.41, 5.74) is 5.04. The molecule has 0 unspecified atom stereocenters. The maximum Gasteiger partial charge on any atom is 0.401 e. The lowest BCUT2D eigenvalue weighted by molar-refractivity contribution is -0.173. The van der Waals surface area contributed by atoms with E-state index in [1.165, 1.54) is 6.92 Å². The molecule has 2 atom stereocenters. The van der Waals surface area contributed by atoms with Gasteiger partial charge in [0.2, 0.25) is 5.91 Å². The molecule has 88 valence electrons. The minimum absolute atomic E-state index is 0.0669. The number of morpholine rings is 1. The molecule has 4 nitrogen and oxygen atoms in total. The number of nitrogens with two attached hydrogens (primary N) is 1. The molecule has 0 spiro atoms. The van der Waals surface area contributed by atoms with Gasteiger partial charge in [-0.3, -0.25) is 9.69 Å². The summed E-state index contributed by atoms with van der Waals surface area (Å²) in [6.07, 6.45) is -4.93. The van der Waals surface area contributed by atoms with Crippen LogP contribution in [0.4, 0.5) is 13.2 Å². The van der Waals surface area contributed by atoms with Gasteiger partial charge in [0, 0.05) is 6.54 Å². The Morgan fingerprint density at radius 1 is 1.60 bits per heavy atom. The molecule has 0 aromatic heterocycles. The van der Waals surface area contributed by atoms with Crippen molar-refractivity contribution < 1.29 is 22.7 Å². The zero-order valence-corrected chi connectivity index (χ0v) is 8.25. The number of nitrogens with zero attached hydrogens (tertiary/aromatic N) is 1. The van der Waals surface area contributed by atoms with Gasteiger partial charge in [-0.15, -0.1) is 0 Å². The van der Waals surface area contributed by atoms with Gasteiger partial charge in [-0.1, -0.05) is 0 Å². The van der Waals surface area contributed by atoms with Crippen molar-refractivity contribution in [2.24, 2.45) is 5.73 Å². The van der Waals surface area contributed by atoms with E-state index in [1.54, 1.807) is 0 Å². The number of primary amides is 1. The summed E-state index contributed by atoms with van der Waals surface area (Å²) >= 11 is 0. The topological polar surface area (TPSA) is 55.6 Å². The number of hydrogen-bond acceptors (Lipinski definition) is 3. The number of carbonyl (C=O) groups excluding carboxylic acids is 1. The van der Waals surface area contributed by atoms with Gasteiger partial charge in [0.1, 0.15) is 6.04 Å². The van der Waals surface area contributed by atoms with Gasteiger partial charge < -0.3 is 10.5 Å². The van der Waals surface area contributed by atoms with Crippen LogP contribution in [0.1, 0.15) is 6.92 Å². The van der Waals surface area contributed by atoms with Crippen molar-refractivity contribution in [1.29, 1.82) is 0 Å². The number of hydrogen-bond donors (Lipinski definition) is 1. The third-order valence-electron chi connectivity index (χ3n) is 2.27. The quantitative estimate of drug-likeness (QED) is 0.727. The molecule has 0 radical (unpaired) electrons. The van der Waals surface area contributed by atoms with Crippen LogP contribution in [0.15, 0.2) is 0 Å². The highest BCUT2D eigenvalue weighted by atomic mass is 19.4. The molecule has 2 N–H and O–H groups in total. The predicted octanol–water partition coefficient (Wildman–Crippen LogP) is 0.123. The number of carbonyl (C=O) groups is 1. The van der Waals surface area contributed by atoms with Crippen molar-refractivity contribution in [1.82, 2.24) is 4.90 Å². The Bertz CT molecular complexity index is 245. The van der Waals surface area contributed by atoms with Crippen molar-refractivity contribution in [3.05, 3.63) is 0 Å².